The fourth-order valence-electron chi connectivity index (χ4n) is 1.73. The Labute approximate surface area is 136 Å². The molecule has 0 saturated heterocycles. The summed E-state index contributed by atoms with van der Waals surface area (Å²) in [6.45, 7) is 1.89. The molecule has 0 bridgehead atoms. The topological polar surface area (TPSA) is 46.6 Å². The number of carbonyl (C=O) groups excluding carboxylic acids is 2. The second kappa shape index (κ2) is 8.47. The zero-order valence-corrected chi connectivity index (χ0v) is 13.5. The van der Waals surface area contributed by atoms with Crippen LogP contribution in [0.2, 0.25) is 0 Å². The molecule has 132 valence electrons. The van der Waals surface area contributed by atoms with Crippen LogP contribution in [0.1, 0.15) is 30.1 Å². The van der Waals surface area contributed by atoms with Crippen LogP contribution >= 0.6 is 0 Å². The van der Waals surface area contributed by atoms with Gasteiger partial charge in [0.1, 0.15) is 5.57 Å². The number of nitrogens with zero attached hydrogens (tertiary/aromatic N) is 1. The maximum atomic E-state index is 13.8. The highest BCUT2D eigenvalue weighted by Gasteiger charge is 2.28. The van der Waals surface area contributed by atoms with Gasteiger partial charge in [-0.15, -0.1) is 0 Å². The standard InChI is InChI=1S/C16H17F4NO3/c1-4-5-6-24-16(23)10(8-21(2)3)15(22)9-7-11(17)13(19)14(20)12(9)18/h7-8H,4-6H2,1-3H3. The fraction of sp³-hybridized carbons (Fsp3) is 0.375. The lowest BCUT2D eigenvalue weighted by Gasteiger charge is -2.12. The summed E-state index contributed by atoms with van der Waals surface area (Å²) in [6, 6.07) is 0.207. The van der Waals surface area contributed by atoms with E-state index in [0.717, 1.165) is 12.6 Å². The zero-order chi connectivity index (χ0) is 18.4. The van der Waals surface area contributed by atoms with Gasteiger partial charge in [-0.25, -0.2) is 22.4 Å². The van der Waals surface area contributed by atoms with Crippen molar-refractivity contribution in [1.29, 1.82) is 0 Å². The average Bonchev–Trinajstić information content (AvgIpc) is 2.53. The van der Waals surface area contributed by atoms with Crippen molar-refractivity contribution in [3.05, 3.63) is 46.7 Å². The molecule has 0 N–H and O–H groups in total. The maximum Gasteiger partial charge on any atom is 0.343 e. The minimum atomic E-state index is -2.12. The summed E-state index contributed by atoms with van der Waals surface area (Å²) in [5, 5.41) is 0. The van der Waals surface area contributed by atoms with Crippen molar-refractivity contribution in [2.75, 3.05) is 20.7 Å². The van der Waals surface area contributed by atoms with Gasteiger partial charge < -0.3 is 9.64 Å². The molecule has 4 nitrogen and oxygen atoms in total. The van der Waals surface area contributed by atoms with E-state index in [4.69, 9.17) is 4.74 Å². The van der Waals surface area contributed by atoms with Gasteiger partial charge in [0.15, 0.2) is 23.3 Å². The summed E-state index contributed by atoms with van der Waals surface area (Å²) in [4.78, 5) is 25.6. The van der Waals surface area contributed by atoms with Gasteiger partial charge >= 0.3 is 5.97 Å². The van der Waals surface area contributed by atoms with Crippen LogP contribution in [0.3, 0.4) is 0 Å². The second-order valence-electron chi connectivity index (χ2n) is 5.17. The Balaban J connectivity index is 3.26. The molecule has 0 amide bonds. The van der Waals surface area contributed by atoms with Gasteiger partial charge in [0, 0.05) is 20.3 Å². The van der Waals surface area contributed by atoms with E-state index < -0.39 is 46.2 Å². The molecular formula is C16H17F4NO3. The predicted molar refractivity (Wildman–Crippen MR) is 78.2 cm³/mol. The van der Waals surface area contributed by atoms with Crippen molar-refractivity contribution in [2.24, 2.45) is 0 Å². The molecule has 0 atom stereocenters. The Bertz CT molecular complexity index is 672. The normalized spacial score (nSPS) is 11.4. The Morgan fingerprint density at radius 3 is 2.29 bits per heavy atom. The van der Waals surface area contributed by atoms with Crippen molar-refractivity contribution in [1.82, 2.24) is 4.90 Å². The second-order valence-corrected chi connectivity index (χ2v) is 5.17. The molecule has 0 spiro atoms. The quantitative estimate of drug-likeness (QED) is 0.0875. The molecule has 0 aromatic heterocycles. The predicted octanol–water partition coefficient (Wildman–Crippen LogP) is 3.21. The first-order valence-corrected chi connectivity index (χ1v) is 7.13. The Morgan fingerprint density at radius 2 is 1.75 bits per heavy atom. The average molecular weight is 347 g/mol. The SMILES string of the molecule is CCCCOC(=O)C(=CN(C)C)C(=O)c1cc(F)c(F)c(F)c1F. The summed E-state index contributed by atoms with van der Waals surface area (Å²) in [5.74, 6) is -10.1. The van der Waals surface area contributed by atoms with Crippen LogP contribution in [-0.2, 0) is 9.53 Å². The van der Waals surface area contributed by atoms with Gasteiger partial charge in [0.2, 0.25) is 5.78 Å². The number of ether oxygens (including phenoxy) is 1. The minimum absolute atomic E-state index is 0.0298. The van der Waals surface area contributed by atoms with Crippen LogP contribution in [0.4, 0.5) is 17.6 Å². The number of hydrogen-bond acceptors (Lipinski definition) is 4. The number of unbranched alkanes of at least 4 members (excludes halogenated alkanes) is 1. The summed E-state index contributed by atoms with van der Waals surface area (Å²) in [7, 11) is 2.96. The number of halogens is 4. The fourth-order valence-corrected chi connectivity index (χ4v) is 1.73. The molecule has 0 aliphatic carbocycles. The van der Waals surface area contributed by atoms with E-state index in [-0.39, 0.29) is 12.7 Å². The first kappa shape index (κ1) is 19.7. The molecule has 24 heavy (non-hydrogen) atoms. The smallest absolute Gasteiger partial charge is 0.343 e. The van der Waals surface area contributed by atoms with Gasteiger partial charge in [0.05, 0.1) is 12.2 Å². The Kier molecular flexibility index (Phi) is 6.94. The van der Waals surface area contributed by atoms with Crippen LogP contribution in [0.15, 0.2) is 17.8 Å². The van der Waals surface area contributed by atoms with Crippen molar-refractivity contribution >= 4 is 11.8 Å². The lowest BCUT2D eigenvalue weighted by atomic mass is 10.0. The van der Waals surface area contributed by atoms with E-state index in [0.29, 0.717) is 6.42 Å². The summed E-state index contributed by atoms with van der Waals surface area (Å²) >= 11 is 0. The van der Waals surface area contributed by atoms with Crippen LogP contribution in [-0.4, -0.2) is 37.4 Å². The number of esters is 1. The Morgan fingerprint density at radius 1 is 1.12 bits per heavy atom. The first-order chi connectivity index (χ1) is 11.2. The molecule has 8 heteroatoms. The molecule has 1 aromatic rings. The molecule has 1 rings (SSSR count). The summed E-state index contributed by atoms with van der Waals surface area (Å²) in [6.07, 6.45) is 2.32. The van der Waals surface area contributed by atoms with E-state index in [1.54, 1.807) is 0 Å². The molecular weight excluding hydrogens is 330 g/mol. The molecule has 0 aliphatic rings. The highest BCUT2D eigenvalue weighted by Crippen LogP contribution is 2.22. The van der Waals surface area contributed by atoms with Gasteiger partial charge in [-0.3, -0.25) is 4.79 Å². The van der Waals surface area contributed by atoms with E-state index in [1.807, 2.05) is 6.92 Å². The van der Waals surface area contributed by atoms with Crippen LogP contribution < -0.4 is 0 Å². The lowest BCUT2D eigenvalue weighted by Crippen LogP contribution is -2.21. The number of carbonyl (C=O) groups is 2. The molecule has 0 unspecified atom stereocenters. The molecule has 0 heterocycles. The van der Waals surface area contributed by atoms with Gasteiger partial charge in [0.25, 0.3) is 0 Å². The van der Waals surface area contributed by atoms with Crippen molar-refractivity contribution < 1.29 is 31.9 Å². The summed E-state index contributed by atoms with van der Waals surface area (Å²) in [5.41, 5.74) is -1.72. The van der Waals surface area contributed by atoms with Crippen LogP contribution in [0.5, 0.6) is 0 Å². The molecule has 0 saturated carbocycles. The van der Waals surface area contributed by atoms with Gasteiger partial charge in [-0.1, -0.05) is 13.3 Å². The number of ketones is 1. The zero-order valence-electron chi connectivity index (χ0n) is 13.5. The number of rotatable bonds is 7. The third kappa shape index (κ3) is 4.56. The third-order valence-corrected chi connectivity index (χ3v) is 2.93. The van der Waals surface area contributed by atoms with E-state index in [9.17, 15) is 27.2 Å². The molecule has 0 fully saturated rings. The number of Topliss-reactive ketones (excluding diaryl/α,β-unsaturated/α-hetero) is 1. The van der Waals surface area contributed by atoms with E-state index >= 15 is 0 Å². The van der Waals surface area contributed by atoms with E-state index in [2.05, 4.69) is 0 Å². The highest BCUT2D eigenvalue weighted by atomic mass is 19.2. The first-order valence-electron chi connectivity index (χ1n) is 7.13. The van der Waals surface area contributed by atoms with Crippen molar-refractivity contribution in [3.8, 4) is 0 Å². The molecule has 1 aromatic carbocycles. The van der Waals surface area contributed by atoms with Gasteiger partial charge in [-0.05, 0) is 12.5 Å². The maximum absolute atomic E-state index is 13.8. The molecule has 0 radical (unpaired) electrons. The van der Waals surface area contributed by atoms with Gasteiger partial charge in [-0.2, -0.15) is 0 Å². The Hall–Kier alpha value is -2.38. The number of hydrogen-bond donors (Lipinski definition) is 0. The number of benzene rings is 1. The van der Waals surface area contributed by atoms with Crippen LogP contribution in [0, 0.1) is 23.3 Å². The lowest BCUT2D eigenvalue weighted by molar-refractivity contribution is -0.138. The third-order valence-electron chi connectivity index (χ3n) is 2.93. The minimum Gasteiger partial charge on any atom is -0.462 e. The highest BCUT2D eigenvalue weighted by molar-refractivity contribution is 6.24. The van der Waals surface area contributed by atoms with E-state index in [1.165, 1.54) is 19.0 Å². The van der Waals surface area contributed by atoms with Crippen molar-refractivity contribution in [3.63, 3.8) is 0 Å². The molecule has 0 aliphatic heterocycles. The monoisotopic (exact) mass is 347 g/mol. The van der Waals surface area contributed by atoms with Crippen molar-refractivity contribution in [2.45, 2.75) is 19.8 Å². The largest absolute Gasteiger partial charge is 0.462 e. The summed E-state index contributed by atoms with van der Waals surface area (Å²) < 4.78 is 58.2. The van der Waals surface area contributed by atoms with Crippen LogP contribution in [0.25, 0.3) is 0 Å².